The first kappa shape index (κ1) is 18.0. The Balaban J connectivity index is 1.56. The second-order valence-electron chi connectivity index (χ2n) is 7.26. The van der Waals surface area contributed by atoms with Crippen LogP contribution in [0.3, 0.4) is 0 Å². The first-order valence-corrected chi connectivity index (χ1v) is 9.42. The number of nitrogens with two attached hydrogens (primary N) is 1. The smallest absolute Gasteiger partial charge is 0.244 e. The Labute approximate surface area is 165 Å². The number of nitrogen functional groups attached to an aromatic ring is 1. The fourth-order valence-corrected chi connectivity index (χ4v) is 3.86. The van der Waals surface area contributed by atoms with Crippen LogP contribution in [0.15, 0.2) is 90.0 Å². The van der Waals surface area contributed by atoms with Gasteiger partial charge >= 0.3 is 0 Å². The molecule has 1 atom stereocenters. The molecule has 3 N–H and O–H groups in total. The molecule has 0 bridgehead atoms. The zero-order chi connectivity index (χ0) is 19.6. The van der Waals surface area contributed by atoms with E-state index in [4.69, 9.17) is 5.73 Å². The number of carbonyl (C=O) groups is 1. The van der Waals surface area contributed by atoms with Crippen molar-refractivity contribution >= 4 is 17.3 Å². The third-order valence-electron chi connectivity index (χ3n) is 5.52. The van der Waals surface area contributed by atoms with Gasteiger partial charge in [-0.15, -0.1) is 0 Å². The fraction of sp³-hybridized carbons (Fsp3) is 0.167. The van der Waals surface area contributed by atoms with Crippen LogP contribution in [0.25, 0.3) is 0 Å². The minimum Gasteiger partial charge on any atom is -0.399 e. The summed E-state index contributed by atoms with van der Waals surface area (Å²) in [4.78, 5) is 12.9. The van der Waals surface area contributed by atoms with Crippen LogP contribution in [-0.2, 0) is 10.2 Å². The number of amides is 1. The summed E-state index contributed by atoms with van der Waals surface area (Å²) in [6.07, 6.45) is 0.781. The van der Waals surface area contributed by atoms with Crippen LogP contribution < -0.4 is 11.2 Å². The van der Waals surface area contributed by atoms with Crippen molar-refractivity contribution in [2.45, 2.75) is 18.8 Å². The van der Waals surface area contributed by atoms with E-state index in [0.717, 1.165) is 17.7 Å². The summed E-state index contributed by atoms with van der Waals surface area (Å²) >= 11 is 0. The van der Waals surface area contributed by atoms with Gasteiger partial charge in [0.25, 0.3) is 0 Å². The third-order valence-corrected chi connectivity index (χ3v) is 5.52. The van der Waals surface area contributed by atoms with Crippen molar-refractivity contribution in [3.05, 3.63) is 102 Å². The molecule has 0 aliphatic heterocycles. The predicted octanol–water partition coefficient (Wildman–Crippen LogP) is 4.12. The molecule has 28 heavy (non-hydrogen) atoms. The van der Waals surface area contributed by atoms with Crippen LogP contribution >= 0.6 is 0 Å². The van der Waals surface area contributed by atoms with E-state index in [1.165, 1.54) is 11.1 Å². The fourth-order valence-electron chi connectivity index (χ4n) is 3.86. The molecule has 3 aromatic carbocycles. The zero-order valence-corrected chi connectivity index (χ0v) is 15.8. The molecule has 0 heterocycles. The Morgan fingerprint density at radius 1 is 0.929 bits per heavy atom. The summed E-state index contributed by atoms with van der Waals surface area (Å²) in [6, 6.07) is 27.9. The number of anilines is 1. The van der Waals surface area contributed by atoms with Crippen LogP contribution in [0.2, 0.25) is 0 Å². The SMILES string of the molecule is C/C(=N\NC(=O)C1CC1(c1ccccc1)c1ccccc1)c1ccc(N)cc1. The summed E-state index contributed by atoms with van der Waals surface area (Å²) in [6.45, 7) is 1.88. The molecular weight excluding hydrogens is 346 g/mol. The zero-order valence-electron chi connectivity index (χ0n) is 15.8. The maximum absolute atomic E-state index is 12.9. The van der Waals surface area contributed by atoms with Crippen LogP contribution in [0, 0.1) is 5.92 Å². The van der Waals surface area contributed by atoms with Gasteiger partial charge in [0.1, 0.15) is 0 Å². The lowest BCUT2D eigenvalue weighted by atomic mass is 9.85. The highest BCUT2D eigenvalue weighted by molar-refractivity contribution is 5.99. The van der Waals surface area contributed by atoms with Crippen molar-refractivity contribution in [3.63, 3.8) is 0 Å². The number of hydrogen-bond acceptors (Lipinski definition) is 3. The first-order chi connectivity index (χ1) is 13.6. The summed E-state index contributed by atoms with van der Waals surface area (Å²) in [7, 11) is 0. The maximum atomic E-state index is 12.9. The van der Waals surface area contributed by atoms with E-state index in [0.29, 0.717) is 5.69 Å². The standard InChI is InChI=1S/C24H23N3O/c1-17(18-12-14-21(25)15-13-18)26-27-23(28)22-16-24(22,19-8-4-2-5-9-19)20-10-6-3-7-11-20/h2-15,22H,16,25H2,1H3,(H,27,28)/b26-17+. The molecule has 0 spiro atoms. The lowest BCUT2D eigenvalue weighted by Crippen LogP contribution is -2.26. The van der Waals surface area contributed by atoms with Gasteiger partial charge in [-0.3, -0.25) is 4.79 Å². The van der Waals surface area contributed by atoms with Gasteiger partial charge < -0.3 is 5.73 Å². The van der Waals surface area contributed by atoms with Crippen molar-refractivity contribution in [1.82, 2.24) is 5.43 Å². The van der Waals surface area contributed by atoms with Gasteiger partial charge in [-0.25, -0.2) is 5.43 Å². The van der Waals surface area contributed by atoms with Crippen LogP contribution in [0.5, 0.6) is 0 Å². The molecule has 1 amide bonds. The lowest BCUT2D eigenvalue weighted by Gasteiger charge is -2.18. The van der Waals surface area contributed by atoms with Crippen molar-refractivity contribution in [3.8, 4) is 0 Å². The number of benzene rings is 3. The molecule has 1 aliphatic carbocycles. The van der Waals surface area contributed by atoms with Gasteiger partial charge in [0.05, 0.1) is 11.6 Å². The second-order valence-corrected chi connectivity index (χ2v) is 7.26. The van der Waals surface area contributed by atoms with E-state index in [1.807, 2.05) is 67.6 Å². The number of rotatable bonds is 5. The Morgan fingerprint density at radius 3 is 2.00 bits per heavy atom. The van der Waals surface area contributed by atoms with E-state index >= 15 is 0 Å². The molecule has 1 fully saturated rings. The Bertz CT molecular complexity index is 956. The minimum absolute atomic E-state index is 0.0532. The number of nitrogens with zero attached hydrogens (tertiary/aromatic N) is 1. The first-order valence-electron chi connectivity index (χ1n) is 9.42. The van der Waals surface area contributed by atoms with E-state index < -0.39 is 0 Å². The molecule has 0 aromatic heterocycles. The molecule has 3 aromatic rings. The monoisotopic (exact) mass is 369 g/mol. The quantitative estimate of drug-likeness (QED) is 0.404. The molecule has 4 nitrogen and oxygen atoms in total. The van der Waals surface area contributed by atoms with Crippen LogP contribution in [-0.4, -0.2) is 11.6 Å². The van der Waals surface area contributed by atoms with E-state index in [2.05, 4.69) is 34.8 Å². The Kier molecular flexibility index (Phi) is 4.70. The highest BCUT2D eigenvalue weighted by atomic mass is 16.2. The topological polar surface area (TPSA) is 67.5 Å². The van der Waals surface area contributed by atoms with Gasteiger partial charge in [0, 0.05) is 11.1 Å². The number of hydrogen-bond donors (Lipinski definition) is 2. The van der Waals surface area contributed by atoms with Crippen LogP contribution in [0.4, 0.5) is 5.69 Å². The van der Waals surface area contributed by atoms with Gasteiger partial charge in [-0.1, -0.05) is 72.8 Å². The molecule has 4 heteroatoms. The van der Waals surface area contributed by atoms with Gasteiger partial charge in [0.15, 0.2) is 0 Å². The minimum atomic E-state index is -0.281. The molecule has 1 unspecified atom stereocenters. The van der Waals surface area contributed by atoms with Gasteiger partial charge in [-0.2, -0.15) is 5.10 Å². The van der Waals surface area contributed by atoms with E-state index in [-0.39, 0.29) is 17.2 Å². The van der Waals surface area contributed by atoms with Crippen molar-refractivity contribution in [2.75, 3.05) is 5.73 Å². The van der Waals surface area contributed by atoms with Crippen molar-refractivity contribution < 1.29 is 4.79 Å². The summed E-state index contributed by atoms with van der Waals surface area (Å²) < 4.78 is 0. The molecule has 4 rings (SSSR count). The maximum Gasteiger partial charge on any atom is 0.244 e. The molecule has 1 saturated carbocycles. The average molecular weight is 369 g/mol. The second kappa shape index (κ2) is 7.31. The number of carbonyl (C=O) groups excluding carboxylic acids is 1. The van der Waals surface area contributed by atoms with E-state index in [1.54, 1.807) is 0 Å². The molecular formula is C24H23N3O. The number of hydrazone groups is 1. The lowest BCUT2D eigenvalue weighted by molar-refractivity contribution is -0.122. The van der Waals surface area contributed by atoms with Crippen LogP contribution in [0.1, 0.15) is 30.0 Å². The summed E-state index contributed by atoms with van der Waals surface area (Å²) in [5.41, 5.74) is 12.9. The summed E-state index contributed by atoms with van der Waals surface area (Å²) in [5, 5.41) is 4.31. The third kappa shape index (κ3) is 3.29. The Morgan fingerprint density at radius 2 is 1.46 bits per heavy atom. The highest BCUT2D eigenvalue weighted by Gasteiger charge is 2.60. The normalized spacial score (nSPS) is 17.8. The van der Waals surface area contributed by atoms with E-state index in [9.17, 15) is 4.79 Å². The number of nitrogens with one attached hydrogen (secondary N) is 1. The van der Waals surface area contributed by atoms with Gasteiger partial charge in [0.2, 0.25) is 5.91 Å². The predicted molar refractivity (Wildman–Crippen MR) is 113 cm³/mol. The van der Waals surface area contributed by atoms with Crippen molar-refractivity contribution in [1.29, 1.82) is 0 Å². The van der Waals surface area contributed by atoms with Gasteiger partial charge in [-0.05, 0) is 42.2 Å². The van der Waals surface area contributed by atoms with Crippen molar-refractivity contribution in [2.24, 2.45) is 11.0 Å². The molecule has 0 saturated heterocycles. The molecule has 1 aliphatic rings. The largest absolute Gasteiger partial charge is 0.399 e. The Hall–Kier alpha value is -3.40. The average Bonchev–Trinajstić information content (AvgIpc) is 3.51. The molecule has 140 valence electrons. The summed E-state index contributed by atoms with van der Waals surface area (Å²) in [5.74, 6) is -0.192. The highest BCUT2D eigenvalue weighted by Crippen LogP contribution is 2.58. The molecule has 0 radical (unpaired) electrons.